The highest BCUT2D eigenvalue weighted by atomic mass is 35.5. The molecule has 14 nitrogen and oxygen atoms in total. The standard InChI is InChI=1S/C30H29ClN10O4/c31-18-8-10-20(11-9-18)37-28(45)24(22-17-33-30(39-26(22)43)41-15-5-13-35-41)23(27(44)36-19-6-2-1-3-7-19)21-16-32-29(38-25(21)42)40-14-4-12-34-40/h4-5,8-17,19,23-24H,1-3,6-7H2,(H,36,44)(H,37,45)(H,32,38,42)(H,33,39,43). The summed E-state index contributed by atoms with van der Waals surface area (Å²) in [7, 11) is 0. The summed E-state index contributed by atoms with van der Waals surface area (Å²) in [6, 6.07) is 9.54. The lowest BCUT2D eigenvalue weighted by molar-refractivity contribution is -0.128. The molecule has 5 aromatic rings. The molecule has 0 spiro atoms. The van der Waals surface area contributed by atoms with Crippen molar-refractivity contribution in [3.05, 3.63) is 110 Å². The molecule has 1 fully saturated rings. The lowest BCUT2D eigenvalue weighted by Crippen LogP contribution is -2.45. The van der Waals surface area contributed by atoms with Gasteiger partial charge in [0.1, 0.15) is 0 Å². The topological polar surface area (TPSA) is 185 Å². The molecule has 1 aliphatic rings. The Hall–Kier alpha value is -5.37. The van der Waals surface area contributed by atoms with Gasteiger partial charge >= 0.3 is 0 Å². The van der Waals surface area contributed by atoms with Crippen molar-refractivity contribution in [2.24, 2.45) is 0 Å². The third kappa shape index (κ3) is 6.60. The lowest BCUT2D eigenvalue weighted by atomic mass is 9.81. The summed E-state index contributed by atoms with van der Waals surface area (Å²) in [6.07, 6.45) is 13.2. The van der Waals surface area contributed by atoms with Crippen molar-refractivity contribution in [1.82, 2.24) is 44.8 Å². The molecule has 2 unspecified atom stereocenters. The van der Waals surface area contributed by atoms with E-state index >= 15 is 0 Å². The number of rotatable bonds is 9. The van der Waals surface area contributed by atoms with Crippen molar-refractivity contribution >= 4 is 29.1 Å². The van der Waals surface area contributed by atoms with Crippen LogP contribution >= 0.6 is 11.6 Å². The quantitative estimate of drug-likeness (QED) is 0.192. The van der Waals surface area contributed by atoms with E-state index in [1.54, 1.807) is 48.8 Å². The Morgan fingerprint density at radius 3 is 1.82 bits per heavy atom. The maximum atomic E-state index is 14.2. The number of carbonyl (C=O) groups is 2. The van der Waals surface area contributed by atoms with Crippen LogP contribution in [0.15, 0.2) is 83.2 Å². The van der Waals surface area contributed by atoms with Crippen molar-refractivity contribution in [2.45, 2.75) is 50.0 Å². The summed E-state index contributed by atoms with van der Waals surface area (Å²) in [5, 5.41) is 14.4. The highest BCUT2D eigenvalue weighted by molar-refractivity contribution is 6.30. The number of hydrogen-bond acceptors (Lipinski definition) is 8. The average Bonchev–Trinajstić information content (AvgIpc) is 3.78. The largest absolute Gasteiger partial charge is 0.353 e. The molecule has 0 saturated heterocycles. The smallest absolute Gasteiger partial charge is 0.256 e. The number of H-pyrrole nitrogens is 2. The van der Waals surface area contributed by atoms with E-state index in [1.165, 1.54) is 34.2 Å². The highest BCUT2D eigenvalue weighted by Crippen LogP contribution is 2.33. The van der Waals surface area contributed by atoms with E-state index in [1.807, 2.05) is 0 Å². The summed E-state index contributed by atoms with van der Waals surface area (Å²) in [6.45, 7) is 0. The number of nitrogens with one attached hydrogen (secondary N) is 4. The van der Waals surface area contributed by atoms with Crippen LogP contribution in [-0.4, -0.2) is 57.4 Å². The molecule has 4 heterocycles. The van der Waals surface area contributed by atoms with Crippen molar-refractivity contribution in [3.63, 3.8) is 0 Å². The van der Waals surface area contributed by atoms with E-state index in [9.17, 15) is 19.2 Å². The van der Waals surface area contributed by atoms with Crippen LogP contribution in [0.25, 0.3) is 11.9 Å². The van der Waals surface area contributed by atoms with Gasteiger partial charge in [0.2, 0.25) is 23.7 Å². The average molecular weight is 629 g/mol. The van der Waals surface area contributed by atoms with Crippen LogP contribution < -0.4 is 21.8 Å². The fourth-order valence-electron chi connectivity index (χ4n) is 5.49. The molecule has 4 N–H and O–H groups in total. The summed E-state index contributed by atoms with van der Waals surface area (Å²) in [5.74, 6) is -4.03. The number of hydrogen-bond donors (Lipinski definition) is 4. The minimum absolute atomic E-state index is 0.106. The molecule has 0 bridgehead atoms. The molecule has 1 saturated carbocycles. The summed E-state index contributed by atoms with van der Waals surface area (Å²) in [4.78, 5) is 69.6. The van der Waals surface area contributed by atoms with E-state index in [2.05, 4.69) is 40.8 Å². The van der Waals surface area contributed by atoms with Crippen molar-refractivity contribution in [2.75, 3.05) is 5.32 Å². The van der Waals surface area contributed by atoms with E-state index in [0.29, 0.717) is 10.7 Å². The number of aromatic nitrogens is 8. The van der Waals surface area contributed by atoms with E-state index < -0.39 is 34.8 Å². The lowest BCUT2D eigenvalue weighted by Gasteiger charge is -2.29. The van der Waals surface area contributed by atoms with Crippen LogP contribution in [0.2, 0.25) is 5.02 Å². The zero-order valence-electron chi connectivity index (χ0n) is 23.9. The van der Waals surface area contributed by atoms with Gasteiger partial charge in [-0.1, -0.05) is 30.9 Å². The summed E-state index contributed by atoms with van der Waals surface area (Å²) < 4.78 is 2.71. The fourth-order valence-corrected chi connectivity index (χ4v) is 5.62. The van der Waals surface area contributed by atoms with Crippen LogP contribution in [0.5, 0.6) is 0 Å². The molecule has 230 valence electrons. The van der Waals surface area contributed by atoms with Gasteiger partial charge in [0.05, 0.1) is 11.8 Å². The molecular weight excluding hydrogens is 600 g/mol. The number of amides is 2. The first-order valence-corrected chi connectivity index (χ1v) is 14.8. The second-order valence-corrected chi connectivity index (χ2v) is 11.1. The van der Waals surface area contributed by atoms with E-state index in [-0.39, 0.29) is 29.1 Å². The van der Waals surface area contributed by atoms with Crippen molar-refractivity contribution in [1.29, 1.82) is 0 Å². The van der Waals surface area contributed by atoms with Gasteiger partial charge in [0, 0.05) is 65.1 Å². The Bertz CT molecular complexity index is 1900. The van der Waals surface area contributed by atoms with E-state index in [4.69, 9.17) is 11.6 Å². The summed E-state index contributed by atoms with van der Waals surface area (Å²) in [5.41, 5.74) is -1.21. The van der Waals surface area contributed by atoms with Crippen LogP contribution in [0.1, 0.15) is 55.1 Å². The van der Waals surface area contributed by atoms with Gasteiger partial charge in [-0.25, -0.2) is 19.3 Å². The number of nitrogens with zero attached hydrogens (tertiary/aromatic N) is 6. The maximum absolute atomic E-state index is 14.2. The Labute approximate surface area is 260 Å². The van der Waals surface area contributed by atoms with E-state index in [0.717, 1.165) is 32.1 Å². The van der Waals surface area contributed by atoms with Gasteiger partial charge in [0.25, 0.3) is 11.1 Å². The number of aromatic amines is 2. The molecule has 45 heavy (non-hydrogen) atoms. The second kappa shape index (κ2) is 13.1. The first-order chi connectivity index (χ1) is 21.9. The molecule has 0 aliphatic heterocycles. The predicted octanol–water partition coefficient (Wildman–Crippen LogP) is 2.83. The normalized spacial score (nSPS) is 14.9. The number of anilines is 1. The first kappa shape index (κ1) is 29.7. The Morgan fingerprint density at radius 2 is 1.33 bits per heavy atom. The van der Waals surface area contributed by atoms with Crippen LogP contribution in [-0.2, 0) is 9.59 Å². The van der Waals surface area contributed by atoms with Crippen LogP contribution in [0.3, 0.4) is 0 Å². The zero-order chi connectivity index (χ0) is 31.3. The van der Waals surface area contributed by atoms with Crippen molar-refractivity contribution in [3.8, 4) is 11.9 Å². The van der Waals surface area contributed by atoms with Gasteiger partial charge in [-0.15, -0.1) is 0 Å². The number of carbonyl (C=O) groups excluding carboxylic acids is 2. The molecule has 2 amide bonds. The molecule has 2 atom stereocenters. The van der Waals surface area contributed by atoms with Gasteiger partial charge in [-0.3, -0.25) is 29.1 Å². The minimum atomic E-state index is -1.49. The highest BCUT2D eigenvalue weighted by Gasteiger charge is 2.41. The first-order valence-electron chi connectivity index (χ1n) is 14.4. The maximum Gasteiger partial charge on any atom is 0.256 e. The van der Waals surface area contributed by atoms with Crippen molar-refractivity contribution < 1.29 is 9.59 Å². The second-order valence-electron chi connectivity index (χ2n) is 10.7. The SMILES string of the molecule is O=C(Nc1ccc(Cl)cc1)C(c1cnc(-n2cccn2)[nH]c1=O)C(C(=O)NC1CCCCC1)c1cnc(-n2cccn2)[nH]c1=O. The monoisotopic (exact) mass is 628 g/mol. The third-order valence-electron chi connectivity index (χ3n) is 7.70. The molecule has 6 rings (SSSR count). The third-order valence-corrected chi connectivity index (χ3v) is 7.95. The molecule has 15 heteroatoms. The van der Waals surface area contributed by atoms with Gasteiger partial charge in [0.15, 0.2) is 0 Å². The Balaban J connectivity index is 1.47. The number of benzene rings is 1. The molecule has 1 aromatic carbocycles. The molecule has 0 radical (unpaired) electrons. The van der Waals surface area contributed by atoms with Gasteiger partial charge in [-0.2, -0.15) is 10.2 Å². The summed E-state index contributed by atoms with van der Waals surface area (Å²) >= 11 is 6.04. The zero-order valence-corrected chi connectivity index (χ0v) is 24.6. The molecule has 4 aromatic heterocycles. The fraction of sp³-hybridized carbons (Fsp3) is 0.267. The van der Waals surface area contributed by atoms with Crippen LogP contribution in [0.4, 0.5) is 5.69 Å². The Kier molecular flexibility index (Phi) is 8.64. The predicted molar refractivity (Wildman–Crippen MR) is 165 cm³/mol. The van der Waals surface area contributed by atoms with Gasteiger partial charge < -0.3 is 10.6 Å². The number of halogens is 1. The Morgan fingerprint density at radius 1 is 0.800 bits per heavy atom. The van der Waals surface area contributed by atoms with Crippen LogP contribution in [0, 0.1) is 0 Å². The minimum Gasteiger partial charge on any atom is -0.353 e. The molecule has 1 aliphatic carbocycles. The van der Waals surface area contributed by atoms with Gasteiger partial charge in [-0.05, 0) is 49.2 Å². The molecular formula is C30H29ClN10O4.